The van der Waals surface area contributed by atoms with E-state index in [4.69, 9.17) is 4.74 Å². The number of carbonyl (C=O) groups is 2. The molecule has 0 saturated heterocycles. The topological polar surface area (TPSA) is 96.0 Å². The number of likely N-dealkylation sites (N-methyl/N-ethyl adjacent to an activating group) is 1. The first-order valence-electron chi connectivity index (χ1n) is 11.9. The fraction of sp³-hybridized carbons (Fsp3) is 0.286. The van der Waals surface area contributed by atoms with Crippen LogP contribution in [0.15, 0.2) is 77.7 Å². The van der Waals surface area contributed by atoms with Crippen LogP contribution in [0.2, 0.25) is 0 Å². The Kier molecular flexibility index (Phi) is 8.94. The summed E-state index contributed by atoms with van der Waals surface area (Å²) in [4.78, 5) is 27.8. The van der Waals surface area contributed by atoms with E-state index in [1.807, 2.05) is 38.1 Å². The SMILES string of the molecule is CNC(=O)C(C)N(Cc1cccc(C)c1)C(=O)CN(c1cccc(OC)c1)S(=O)(=O)c1ccc(C)cc1. The van der Waals surface area contributed by atoms with Crippen LogP contribution in [-0.4, -0.2) is 51.9 Å². The molecule has 3 aromatic carbocycles. The maximum Gasteiger partial charge on any atom is 0.264 e. The van der Waals surface area contributed by atoms with E-state index in [1.54, 1.807) is 43.3 Å². The normalized spacial score (nSPS) is 11.9. The van der Waals surface area contributed by atoms with Crippen molar-refractivity contribution in [3.8, 4) is 5.75 Å². The third-order valence-electron chi connectivity index (χ3n) is 6.08. The van der Waals surface area contributed by atoms with Gasteiger partial charge in [-0.3, -0.25) is 13.9 Å². The molecule has 3 aromatic rings. The molecule has 0 radical (unpaired) electrons. The van der Waals surface area contributed by atoms with Crippen LogP contribution in [0.3, 0.4) is 0 Å². The Morgan fingerprint density at radius 2 is 1.62 bits per heavy atom. The summed E-state index contributed by atoms with van der Waals surface area (Å²) in [5.41, 5.74) is 3.03. The predicted molar refractivity (Wildman–Crippen MR) is 144 cm³/mol. The average molecular weight is 524 g/mol. The average Bonchev–Trinajstić information content (AvgIpc) is 2.89. The monoisotopic (exact) mass is 523 g/mol. The van der Waals surface area contributed by atoms with Gasteiger partial charge in [0.2, 0.25) is 11.8 Å². The first-order valence-corrected chi connectivity index (χ1v) is 13.3. The molecule has 0 aromatic heterocycles. The van der Waals surface area contributed by atoms with Crippen molar-refractivity contribution in [2.24, 2.45) is 0 Å². The number of benzene rings is 3. The van der Waals surface area contributed by atoms with E-state index in [1.165, 1.54) is 31.2 Å². The van der Waals surface area contributed by atoms with E-state index in [9.17, 15) is 18.0 Å². The minimum atomic E-state index is -4.13. The largest absolute Gasteiger partial charge is 0.497 e. The predicted octanol–water partition coefficient (Wildman–Crippen LogP) is 3.67. The molecule has 8 nitrogen and oxygen atoms in total. The molecule has 0 bridgehead atoms. The Balaban J connectivity index is 2.05. The minimum absolute atomic E-state index is 0.0540. The van der Waals surface area contributed by atoms with Crippen LogP contribution in [-0.2, 0) is 26.2 Å². The van der Waals surface area contributed by atoms with E-state index in [2.05, 4.69) is 5.32 Å². The van der Waals surface area contributed by atoms with Gasteiger partial charge < -0.3 is 15.0 Å². The summed E-state index contributed by atoms with van der Waals surface area (Å²) in [6.45, 7) is 5.07. The number of rotatable bonds is 10. The lowest BCUT2D eigenvalue weighted by molar-refractivity contribution is -0.139. The highest BCUT2D eigenvalue weighted by atomic mass is 32.2. The van der Waals surface area contributed by atoms with Gasteiger partial charge in [-0.05, 0) is 50.6 Å². The van der Waals surface area contributed by atoms with Crippen molar-refractivity contribution in [1.82, 2.24) is 10.2 Å². The van der Waals surface area contributed by atoms with Gasteiger partial charge in [0.25, 0.3) is 10.0 Å². The van der Waals surface area contributed by atoms with E-state index >= 15 is 0 Å². The Morgan fingerprint density at radius 1 is 0.946 bits per heavy atom. The maximum atomic E-state index is 13.8. The zero-order valence-electron chi connectivity index (χ0n) is 21.8. The molecule has 9 heteroatoms. The van der Waals surface area contributed by atoms with Gasteiger partial charge in [-0.15, -0.1) is 0 Å². The van der Waals surface area contributed by atoms with Gasteiger partial charge in [-0.1, -0.05) is 53.6 Å². The lowest BCUT2D eigenvalue weighted by Crippen LogP contribution is -2.50. The number of amides is 2. The van der Waals surface area contributed by atoms with E-state index < -0.39 is 28.5 Å². The van der Waals surface area contributed by atoms with Gasteiger partial charge in [0.1, 0.15) is 18.3 Å². The second-order valence-corrected chi connectivity index (χ2v) is 10.7. The van der Waals surface area contributed by atoms with E-state index in [0.29, 0.717) is 5.75 Å². The van der Waals surface area contributed by atoms with Gasteiger partial charge in [-0.2, -0.15) is 0 Å². The Bertz CT molecular complexity index is 1360. The number of hydrogen-bond acceptors (Lipinski definition) is 5. The molecule has 0 aliphatic heterocycles. The van der Waals surface area contributed by atoms with Crippen molar-refractivity contribution in [2.75, 3.05) is 25.0 Å². The molecule has 37 heavy (non-hydrogen) atoms. The summed E-state index contributed by atoms with van der Waals surface area (Å²) in [6.07, 6.45) is 0. The second kappa shape index (κ2) is 11.9. The summed E-state index contributed by atoms with van der Waals surface area (Å²) in [5.74, 6) is -0.421. The smallest absolute Gasteiger partial charge is 0.264 e. The van der Waals surface area contributed by atoms with Crippen LogP contribution >= 0.6 is 0 Å². The fourth-order valence-corrected chi connectivity index (χ4v) is 5.34. The quantitative estimate of drug-likeness (QED) is 0.438. The molecule has 0 aliphatic rings. The number of aryl methyl sites for hydroxylation is 2. The standard InChI is InChI=1S/C28H33N3O5S/c1-20-12-14-26(15-13-20)37(34,35)31(24-10-7-11-25(17-24)36-5)19-27(32)30(22(3)28(33)29-4)18-23-9-6-8-21(2)16-23/h6-17,22H,18-19H2,1-5H3,(H,29,33). The zero-order valence-corrected chi connectivity index (χ0v) is 22.6. The van der Waals surface area contributed by atoms with Crippen LogP contribution in [0.25, 0.3) is 0 Å². The second-order valence-electron chi connectivity index (χ2n) is 8.83. The maximum absolute atomic E-state index is 13.8. The lowest BCUT2D eigenvalue weighted by atomic mass is 10.1. The Morgan fingerprint density at radius 3 is 2.24 bits per heavy atom. The highest BCUT2D eigenvalue weighted by Crippen LogP contribution is 2.28. The van der Waals surface area contributed by atoms with Gasteiger partial charge in [-0.25, -0.2) is 8.42 Å². The van der Waals surface area contributed by atoms with Crippen molar-refractivity contribution in [3.05, 3.63) is 89.5 Å². The molecule has 0 heterocycles. The molecule has 0 saturated carbocycles. The number of anilines is 1. The van der Waals surface area contributed by atoms with Gasteiger partial charge in [0, 0.05) is 19.7 Å². The molecule has 1 atom stereocenters. The number of hydrogen-bond donors (Lipinski definition) is 1. The number of sulfonamides is 1. The van der Waals surface area contributed by atoms with Crippen LogP contribution in [0.1, 0.15) is 23.6 Å². The summed E-state index contributed by atoms with van der Waals surface area (Å²) in [7, 11) is -1.14. The molecule has 3 rings (SSSR count). The molecule has 0 aliphatic carbocycles. The van der Waals surface area contributed by atoms with Gasteiger partial charge in [0.15, 0.2) is 0 Å². The van der Waals surface area contributed by atoms with E-state index in [-0.39, 0.29) is 23.0 Å². The molecule has 196 valence electrons. The van der Waals surface area contributed by atoms with Crippen LogP contribution < -0.4 is 14.4 Å². The van der Waals surface area contributed by atoms with E-state index in [0.717, 1.165) is 21.0 Å². The Hall–Kier alpha value is -3.85. The Labute approximate surface area is 218 Å². The fourth-order valence-electron chi connectivity index (χ4n) is 3.93. The summed E-state index contributed by atoms with van der Waals surface area (Å²) >= 11 is 0. The van der Waals surface area contributed by atoms with Crippen molar-refractivity contribution in [1.29, 1.82) is 0 Å². The van der Waals surface area contributed by atoms with Gasteiger partial charge in [0.05, 0.1) is 17.7 Å². The van der Waals surface area contributed by atoms with Crippen molar-refractivity contribution in [2.45, 2.75) is 38.3 Å². The minimum Gasteiger partial charge on any atom is -0.497 e. The van der Waals surface area contributed by atoms with Crippen LogP contribution in [0.4, 0.5) is 5.69 Å². The number of methoxy groups -OCH3 is 1. The molecular weight excluding hydrogens is 490 g/mol. The molecule has 1 unspecified atom stereocenters. The molecule has 0 fully saturated rings. The highest BCUT2D eigenvalue weighted by molar-refractivity contribution is 7.92. The summed E-state index contributed by atoms with van der Waals surface area (Å²) < 4.78 is 34.0. The molecular formula is C28H33N3O5S. The van der Waals surface area contributed by atoms with Crippen molar-refractivity contribution < 1.29 is 22.7 Å². The number of ether oxygens (including phenoxy) is 1. The van der Waals surface area contributed by atoms with Crippen LogP contribution in [0, 0.1) is 13.8 Å². The first kappa shape index (κ1) is 27.7. The number of carbonyl (C=O) groups excluding carboxylic acids is 2. The number of nitrogens with one attached hydrogen (secondary N) is 1. The summed E-state index contributed by atoms with van der Waals surface area (Å²) in [5, 5.41) is 2.58. The molecule has 2 amide bonds. The lowest BCUT2D eigenvalue weighted by Gasteiger charge is -2.32. The number of nitrogens with zero attached hydrogens (tertiary/aromatic N) is 2. The van der Waals surface area contributed by atoms with Crippen molar-refractivity contribution in [3.63, 3.8) is 0 Å². The van der Waals surface area contributed by atoms with Gasteiger partial charge >= 0.3 is 0 Å². The van der Waals surface area contributed by atoms with Crippen molar-refractivity contribution >= 4 is 27.5 Å². The summed E-state index contributed by atoms with van der Waals surface area (Å²) in [6, 6.07) is 19.7. The third kappa shape index (κ3) is 6.68. The first-order chi connectivity index (χ1) is 17.6. The zero-order chi connectivity index (χ0) is 27.2. The molecule has 0 spiro atoms. The van der Waals surface area contributed by atoms with Crippen LogP contribution in [0.5, 0.6) is 5.75 Å². The highest BCUT2D eigenvalue weighted by Gasteiger charge is 2.32. The molecule has 1 N–H and O–H groups in total. The third-order valence-corrected chi connectivity index (χ3v) is 7.87.